The Bertz CT molecular complexity index is 741. The average molecular weight is 417 g/mol. The number of benzene rings is 1. The molecule has 0 amide bonds. The van der Waals surface area contributed by atoms with Gasteiger partial charge in [-0.3, -0.25) is 0 Å². The van der Waals surface area contributed by atoms with Crippen LogP contribution < -0.4 is 0 Å². The fourth-order valence-corrected chi connectivity index (χ4v) is 4.77. The molecule has 0 radical (unpaired) electrons. The maximum absolute atomic E-state index is 13.0. The van der Waals surface area contributed by atoms with Crippen LogP contribution in [0.3, 0.4) is 0 Å². The van der Waals surface area contributed by atoms with Gasteiger partial charge in [0, 0.05) is 6.42 Å². The molecule has 0 N–H and O–H groups in total. The maximum Gasteiger partial charge on any atom is 0.340 e. The van der Waals surface area contributed by atoms with Crippen molar-refractivity contribution in [1.82, 2.24) is 0 Å². The Morgan fingerprint density at radius 1 is 1.00 bits per heavy atom. The van der Waals surface area contributed by atoms with E-state index in [1.54, 1.807) is 0 Å². The minimum absolute atomic E-state index is 0.00487. The van der Waals surface area contributed by atoms with Crippen molar-refractivity contribution in [2.24, 2.45) is 22.2 Å². The lowest BCUT2D eigenvalue weighted by Crippen LogP contribution is -2.31. The first-order valence-corrected chi connectivity index (χ1v) is 11.5. The molecule has 0 aromatic heterocycles. The number of fused-ring (bicyclic) bond motifs is 1. The fourth-order valence-electron chi connectivity index (χ4n) is 4.77. The molecule has 0 fully saturated rings. The highest BCUT2D eigenvalue weighted by molar-refractivity contribution is 5.90. The smallest absolute Gasteiger partial charge is 0.340 e. The predicted octanol–water partition coefficient (Wildman–Crippen LogP) is 7.38. The quantitative estimate of drug-likeness (QED) is 0.371. The number of carbonyl (C=O) groups excluding carboxylic acids is 1. The van der Waals surface area contributed by atoms with Crippen LogP contribution in [0.25, 0.3) is 0 Å². The molecule has 1 aromatic rings. The van der Waals surface area contributed by atoms with Gasteiger partial charge < -0.3 is 9.47 Å². The monoisotopic (exact) mass is 416 g/mol. The van der Waals surface area contributed by atoms with Crippen molar-refractivity contribution in [3.05, 3.63) is 34.9 Å². The molecule has 0 saturated carbocycles. The predicted molar refractivity (Wildman–Crippen MR) is 125 cm³/mol. The van der Waals surface area contributed by atoms with Gasteiger partial charge in [-0.1, -0.05) is 68.4 Å². The third-order valence-corrected chi connectivity index (χ3v) is 6.04. The molecule has 0 heterocycles. The molecule has 0 spiro atoms. The average Bonchev–Trinajstić information content (AvgIpc) is 2.91. The minimum Gasteiger partial charge on any atom is -0.432 e. The number of carbonyl (C=O) groups is 1. The SMILES string of the molecule is CC(C)OC(CC(C)(C)C)OC(=O)c1ccc2c(c1)CC(C(C)(C)C)C2C(C)(C)C. The molecule has 1 aromatic carbocycles. The summed E-state index contributed by atoms with van der Waals surface area (Å²) in [5.41, 5.74) is 3.71. The Balaban J connectivity index is 2.29. The van der Waals surface area contributed by atoms with Crippen LogP contribution >= 0.6 is 0 Å². The molecule has 3 unspecified atom stereocenters. The van der Waals surface area contributed by atoms with Crippen molar-refractivity contribution in [3.8, 4) is 0 Å². The van der Waals surface area contributed by atoms with Gasteiger partial charge >= 0.3 is 5.97 Å². The molecule has 2 rings (SSSR count). The van der Waals surface area contributed by atoms with E-state index in [-0.39, 0.29) is 28.3 Å². The molecular formula is C27H44O3. The van der Waals surface area contributed by atoms with E-state index in [1.807, 2.05) is 19.9 Å². The lowest BCUT2D eigenvalue weighted by atomic mass is 9.65. The van der Waals surface area contributed by atoms with E-state index in [4.69, 9.17) is 9.47 Å². The van der Waals surface area contributed by atoms with E-state index >= 15 is 0 Å². The number of ether oxygens (including phenoxy) is 2. The minimum atomic E-state index is -0.532. The third-order valence-electron chi connectivity index (χ3n) is 6.04. The van der Waals surface area contributed by atoms with Crippen molar-refractivity contribution < 1.29 is 14.3 Å². The summed E-state index contributed by atoms with van der Waals surface area (Å²) in [7, 11) is 0. The van der Waals surface area contributed by atoms with Gasteiger partial charge in [0.2, 0.25) is 6.29 Å². The van der Waals surface area contributed by atoms with Crippen molar-refractivity contribution >= 4 is 5.97 Å². The second-order valence-electron chi connectivity index (χ2n) is 12.7. The molecule has 3 heteroatoms. The zero-order chi connectivity index (χ0) is 23.1. The first-order valence-electron chi connectivity index (χ1n) is 11.5. The first kappa shape index (κ1) is 24.9. The van der Waals surface area contributed by atoms with Gasteiger partial charge in [0.1, 0.15) is 0 Å². The van der Waals surface area contributed by atoms with Crippen LogP contribution in [-0.2, 0) is 15.9 Å². The van der Waals surface area contributed by atoms with Crippen LogP contribution in [0.5, 0.6) is 0 Å². The molecule has 30 heavy (non-hydrogen) atoms. The van der Waals surface area contributed by atoms with Crippen LogP contribution in [0, 0.1) is 22.2 Å². The van der Waals surface area contributed by atoms with E-state index < -0.39 is 6.29 Å². The Hall–Kier alpha value is -1.35. The maximum atomic E-state index is 13.0. The second-order valence-corrected chi connectivity index (χ2v) is 12.7. The Morgan fingerprint density at radius 2 is 1.60 bits per heavy atom. The molecule has 1 aliphatic carbocycles. The lowest BCUT2D eigenvalue weighted by Gasteiger charge is -2.40. The van der Waals surface area contributed by atoms with Crippen LogP contribution in [0.2, 0.25) is 0 Å². The summed E-state index contributed by atoms with van der Waals surface area (Å²) in [6.07, 6.45) is 1.15. The summed E-state index contributed by atoms with van der Waals surface area (Å²) >= 11 is 0. The molecule has 3 nitrogen and oxygen atoms in total. The number of esters is 1. The second kappa shape index (κ2) is 8.65. The van der Waals surface area contributed by atoms with Crippen molar-refractivity contribution in [2.45, 2.75) is 107 Å². The summed E-state index contributed by atoms with van der Waals surface area (Å²) in [5.74, 6) is 0.742. The Morgan fingerprint density at radius 3 is 2.07 bits per heavy atom. The Labute approximate surface area is 184 Å². The molecule has 0 bridgehead atoms. The normalized spacial score (nSPS) is 20.9. The van der Waals surface area contributed by atoms with E-state index in [9.17, 15) is 4.79 Å². The standard InChI is InChI=1S/C27H44O3/c1-17(2)29-22(16-25(3,4)5)30-24(28)18-12-13-20-19(14-18)15-21(26(6,7)8)23(20)27(9,10)11/h12-14,17,21-23H,15-16H2,1-11H3. The highest BCUT2D eigenvalue weighted by atomic mass is 16.7. The topological polar surface area (TPSA) is 35.5 Å². The van der Waals surface area contributed by atoms with Crippen LogP contribution in [-0.4, -0.2) is 18.4 Å². The summed E-state index contributed by atoms with van der Waals surface area (Å²) in [6.45, 7) is 24.3. The molecule has 0 saturated heterocycles. The first-order chi connectivity index (χ1) is 13.5. The van der Waals surface area contributed by atoms with Crippen molar-refractivity contribution in [1.29, 1.82) is 0 Å². The third kappa shape index (κ3) is 6.33. The van der Waals surface area contributed by atoms with E-state index in [0.717, 1.165) is 6.42 Å². The van der Waals surface area contributed by atoms with E-state index in [2.05, 4.69) is 74.4 Å². The molecule has 3 atom stereocenters. The largest absolute Gasteiger partial charge is 0.432 e. The van der Waals surface area contributed by atoms with E-state index in [1.165, 1.54) is 11.1 Å². The van der Waals surface area contributed by atoms with E-state index in [0.29, 0.717) is 23.8 Å². The van der Waals surface area contributed by atoms with Crippen LogP contribution in [0.15, 0.2) is 18.2 Å². The molecule has 0 aliphatic heterocycles. The summed E-state index contributed by atoms with van der Waals surface area (Å²) < 4.78 is 11.7. The molecule has 170 valence electrons. The number of hydrogen-bond donors (Lipinski definition) is 0. The van der Waals surface area contributed by atoms with Gasteiger partial charge in [-0.2, -0.15) is 0 Å². The van der Waals surface area contributed by atoms with Crippen LogP contribution in [0.1, 0.15) is 110 Å². The van der Waals surface area contributed by atoms with Gasteiger partial charge in [-0.05, 0) is 71.6 Å². The van der Waals surface area contributed by atoms with Gasteiger partial charge in [-0.25, -0.2) is 4.79 Å². The van der Waals surface area contributed by atoms with Gasteiger partial charge in [0.15, 0.2) is 0 Å². The summed E-state index contributed by atoms with van der Waals surface area (Å²) in [6, 6.07) is 6.16. The van der Waals surface area contributed by atoms with Gasteiger partial charge in [0.25, 0.3) is 0 Å². The Kier molecular flexibility index (Phi) is 7.18. The lowest BCUT2D eigenvalue weighted by molar-refractivity contribution is -0.146. The molecular weight excluding hydrogens is 372 g/mol. The van der Waals surface area contributed by atoms with Crippen LogP contribution in [0.4, 0.5) is 0 Å². The molecule has 1 aliphatic rings. The fraction of sp³-hybridized carbons (Fsp3) is 0.741. The van der Waals surface area contributed by atoms with Crippen molar-refractivity contribution in [2.75, 3.05) is 0 Å². The number of hydrogen-bond acceptors (Lipinski definition) is 3. The summed E-state index contributed by atoms with van der Waals surface area (Å²) in [4.78, 5) is 13.0. The highest BCUT2D eigenvalue weighted by Gasteiger charge is 2.45. The number of rotatable bonds is 5. The van der Waals surface area contributed by atoms with Gasteiger partial charge in [0.05, 0.1) is 11.7 Å². The van der Waals surface area contributed by atoms with Gasteiger partial charge in [-0.15, -0.1) is 0 Å². The zero-order valence-corrected chi connectivity index (χ0v) is 21.2. The van der Waals surface area contributed by atoms with Crippen molar-refractivity contribution in [3.63, 3.8) is 0 Å². The zero-order valence-electron chi connectivity index (χ0n) is 21.2. The summed E-state index contributed by atoms with van der Waals surface area (Å²) in [5, 5.41) is 0. The highest BCUT2D eigenvalue weighted by Crippen LogP contribution is 2.54.